The van der Waals surface area contributed by atoms with Gasteiger partial charge < -0.3 is 4.74 Å². The van der Waals surface area contributed by atoms with Gasteiger partial charge in [-0.2, -0.15) is 0 Å². The van der Waals surface area contributed by atoms with Crippen LogP contribution in [-0.4, -0.2) is 14.7 Å². The molecule has 0 saturated carbocycles. The van der Waals surface area contributed by atoms with Crippen molar-refractivity contribution in [3.8, 4) is 5.69 Å². The first-order valence-electron chi connectivity index (χ1n) is 10.3. The SMILES string of the molecule is CC1(C)Cc2c(sc3c2c(=O)n(-c2cccc(Cl)c2)c(=O)n3Cc2ccc(Cl)cc2Cl)CO1. The fourth-order valence-electron chi connectivity index (χ4n) is 4.16. The Morgan fingerprint density at radius 3 is 2.55 bits per heavy atom. The Kier molecular flexibility index (Phi) is 5.70. The summed E-state index contributed by atoms with van der Waals surface area (Å²) in [4.78, 5) is 29.0. The number of fused-ring (bicyclic) bond motifs is 3. The van der Waals surface area contributed by atoms with E-state index in [0.29, 0.717) is 44.0 Å². The standard InChI is InChI=1S/C24H19Cl3N2O3S/c1-24(2)10-17-19(12-32-24)33-22-20(17)21(30)29(16-5-3-4-14(25)8-16)23(31)28(22)11-13-6-7-15(26)9-18(13)27/h3-9H,10-12H2,1-2H3. The fraction of sp³-hybridized carbons (Fsp3) is 0.250. The minimum absolute atomic E-state index is 0.190. The molecule has 0 spiro atoms. The summed E-state index contributed by atoms with van der Waals surface area (Å²) in [7, 11) is 0. The molecule has 0 aliphatic carbocycles. The van der Waals surface area contributed by atoms with Crippen LogP contribution in [0.4, 0.5) is 0 Å². The minimum Gasteiger partial charge on any atom is -0.370 e. The second kappa shape index (κ2) is 8.29. The van der Waals surface area contributed by atoms with Gasteiger partial charge in [0.15, 0.2) is 0 Å². The number of aromatic nitrogens is 2. The van der Waals surface area contributed by atoms with E-state index in [0.717, 1.165) is 16.0 Å². The summed E-state index contributed by atoms with van der Waals surface area (Å²) >= 11 is 20.1. The third kappa shape index (κ3) is 4.04. The van der Waals surface area contributed by atoms with Crippen LogP contribution in [0.25, 0.3) is 15.9 Å². The highest BCUT2D eigenvalue weighted by Crippen LogP contribution is 2.37. The van der Waals surface area contributed by atoms with E-state index >= 15 is 0 Å². The van der Waals surface area contributed by atoms with Crippen molar-refractivity contribution in [3.63, 3.8) is 0 Å². The van der Waals surface area contributed by atoms with Gasteiger partial charge in [-0.05, 0) is 55.3 Å². The Bertz CT molecular complexity index is 1530. The topological polar surface area (TPSA) is 53.2 Å². The van der Waals surface area contributed by atoms with Crippen molar-refractivity contribution >= 4 is 56.4 Å². The molecule has 9 heteroatoms. The predicted octanol–water partition coefficient (Wildman–Crippen LogP) is 6.07. The molecular formula is C24H19Cl3N2O3S. The van der Waals surface area contributed by atoms with E-state index in [2.05, 4.69) is 0 Å². The van der Waals surface area contributed by atoms with Crippen LogP contribution in [0, 0.1) is 0 Å². The van der Waals surface area contributed by atoms with E-state index < -0.39 is 11.3 Å². The van der Waals surface area contributed by atoms with Crippen LogP contribution in [0.15, 0.2) is 52.1 Å². The highest BCUT2D eigenvalue weighted by molar-refractivity contribution is 7.18. The Hall–Kier alpha value is -2.09. The third-order valence-electron chi connectivity index (χ3n) is 5.76. The van der Waals surface area contributed by atoms with Crippen LogP contribution >= 0.6 is 46.1 Å². The Morgan fingerprint density at radius 2 is 1.82 bits per heavy atom. The molecule has 5 rings (SSSR count). The lowest BCUT2D eigenvalue weighted by atomic mass is 9.94. The summed E-state index contributed by atoms with van der Waals surface area (Å²) < 4.78 is 8.76. The Labute approximate surface area is 208 Å². The number of benzene rings is 2. The van der Waals surface area contributed by atoms with Crippen LogP contribution in [0.3, 0.4) is 0 Å². The molecule has 33 heavy (non-hydrogen) atoms. The molecule has 0 radical (unpaired) electrons. The van der Waals surface area contributed by atoms with Crippen LogP contribution in [0.2, 0.25) is 15.1 Å². The molecule has 0 unspecified atom stereocenters. The molecule has 2 aromatic carbocycles. The van der Waals surface area contributed by atoms with Crippen molar-refractivity contribution in [3.05, 3.63) is 94.4 Å². The number of rotatable bonds is 3. The number of hydrogen-bond donors (Lipinski definition) is 0. The van der Waals surface area contributed by atoms with Crippen LogP contribution < -0.4 is 11.2 Å². The van der Waals surface area contributed by atoms with Crippen molar-refractivity contribution in [1.29, 1.82) is 0 Å². The van der Waals surface area contributed by atoms with E-state index in [1.807, 2.05) is 13.8 Å². The number of thiophene rings is 1. The zero-order valence-corrected chi connectivity index (χ0v) is 20.9. The lowest BCUT2D eigenvalue weighted by molar-refractivity contribution is -0.0379. The van der Waals surface area contributed by atoms with Gasteiger partial charge in [0.25, 0.3) is 5.56 Å². The highest BCUT2D eigenvalue weighted by atomic mass is 35.5. The maximum absolute atomic E-state index is 13.8. The van der Waals surface area contributed by atoms with Crippen molar-refractivity contribution < 1.29 is 4.74 Å². The molecule has 170 valence electrons. The summed E-state index contributed by atoms with van der Waals surface area (Å²) in [6.45, 7) is 4.58. The first-order chi connectivity index (χ1) is 15.6. The van der Waals surface area contributed by atoms with E-state index in [-0.39, 0.29) is 12.1 Å². The maximum atomic E-state index is 13.8. The predicted molar refractivity (Wildman–Crippen MR) is 135 cm³/mol. The maximum Gasteiger partial charge on any atom is 0.337 e. The van der Waals surface area contributed by atoms with Crippen LogP contribution in [0.1, 0.15) is 29.9 Å². The number of nitrogens with zero attached hydrogens (tertiary/aromatic N) is 2. The summed E-state index contributed by atoms with van der Waals surface area (Å²) in [5, 5.41) is 1.94. The second-order valence-corrected chi connectivity index (χ2v) is 11.0. The molecule has 1 aliphatic rings. The van der Waals surface area contributed by atoms with Gasteiger partial charge in [-0.25, -0.2) is 9.36 Å². The molecule has 5 nitrogen and oxygen atoms in total. The Balaban J connectivity index is 1.84. The molecule has 0 fully saturated rings. The van der Waals surface area contributed by atoms with Gasteiger partial charge in [0, 0.05) is 26.4 Å². The Morgan fingerprint density at radius 1 is 1.06 bits per heavy atom. The molecule has 0 bridgehead atoms. The van der Waals surface area contributed by atoms with E-state index in [4.69, 9.17) is 39.5 Å². The smallest absolute Gasteiger partial charge is 0.337 e. The van der Waals surface area contributed by atoms with Gasteiger partial charge in [0.05, 0.1) is 29.8 Å². The molecule has 3 heterocycles. The molecule has 2 aromatic heterocycles. The molecule has 0 N–H and O–H groups in total. The quantitative estimate of drug-likeness (QED) is 0.329. The molecule has 1 aliphatic heterocycles. The fourth-order valence-corrected chi connectivity index (χ4v) is 6.03. The normalized spacial score (nSPS) is 15.1. The van der Waals surface area contributed by atoms with Gasteiger partial charge in [0.2, 0.25) is 0 Å². The summed E-state index contributed by atoms with van der Waals surface area (Å²) in [6, 6.07) is 11.9. The number of halogens is 3. The summed E-state index contributed by atoms with van der Waals surface area (Å²) in [6.07, 6.45) is 0.576. The van der Waals surface area contributed by atoms with Crippen molar-refractivity contribution in [2.75, 3.05) is 0 Å². The van der Waals surface area contributed by atoms with E-state index in [1.54, 1.807) is 47.0 Å². The molecule has 4 aromatic rings. The van der Waals surface area contributed by atoms with E-state index in [1.165, 1.54) is 15.9 Å². The zero-order valence-electron chi connectivity index (χ0n) is 17.8. The largest absolute Gasteiger partial charge is 0.370 e. The molecular weight excluding hydrogens is 503 g/mol. The second-order valence-electron chi connectivity index (χ2n) is 8.63. The number of hydrogen-bond acceptors (Lipinski definition) is 4. The minimum atomic E-state index is -0.459. The molecule has 0 saturated heterocycles. The average Bonchev–Trinajstić information content (AvgIpc) is 3.10. The van der Waals surface area contributed by atoms with Gasteiger partial charge in [-0.15, -0.1) is 11.3 Å². The van der Waals surface area contributed by atoms with Crippen LogP contribution in [-0.2, 0) is 24.3 Å². The van der Waals surface area contributed by atoms with Gasteiger partial charge in [-0.1, -0.05) is 46.9 Å². The molecule has 0 amide bonds. The van der Waals surface area contributed by atoms with Crippen LogP contribution in [0.5, 0.6) is 0 Å². The van der Waals surface area contributed by atoms with E-state index in [9.17, 15) is 9.59 Å². The first-order valence-corrected chi connectivity index (χ1v) is 12.2. The monoisotopic (exact) mass is 520 g/mol. The molecule has 0 atom stereocenters. The summed E-state index contributed by atoms with van der Waals surface area (Å²) in [5.74, 6) is 0. The first kappa shape index (κ1) is 22.7. The van der Waals surface area contributed by atoms with Gasteiger partial charge >= 0.3 is 5.69 Å². The van der Waals surface area contributed by atoms with Crippen molar-refractivity contribution in [1.82, 2.24) is 9.13 Å². The van der Waals surface area contributed by atoms with Gasteiger partial charge in [-0.3, -0.25) is 9.36 Å². The zero-order chi connectivity index (χ0) is 23.5. The summed E-state index contributed by atoms with van der Waals surface area (Å²) in [5.41, 5.74) is 0.855. The average molecular weight is 522 g/mol. The highest BCUT2D eigenvalue weighted by Gasteiger charge is 2.32. The van der Waals surface area contributed by atoms with Gasteiger partial charge in [0.1, 0.15) is 4.83 Å². The third-order valence-corrected chi connectivity index (χ3v) is 7.81. The number of ether oxygens (including phenoxy) is 1. The van der Waals surface area contributed by atoms with Crippen molar-refractivity contribution in [2.45, 2.75) is 39.0 Å². The lowest BCUT2D eigenvalue weighted by Crippen LogP contribution is -2.39. The van der Waals surface area contributed by atoms with Crippen molar-refractivity contribution in [2.24, 2.45) is 0 Å². The lowest BCUT2D eigenvalue weighted by Gasteiger charge is -2.29.